The lowest BCUT2D eigenvalue weighted by molar-refractivity contribution is -0.125. The van der Waals surface area contributed by atoms with Gasteiger partial charge in [-0.2, -0.15) is 10.5 Å². The zero-order chi connectivity index (χ0) is 20.6. The van der Waals surface area contributed by atoms with Crippen LogP contribution in [-0.4, -0.2) is 5.91 Å². The maximum atomic E-state index is 12.3. The summed E-state index contributed by atoms with van der Waals surface area (Å²) in [5.41, 5.74) is 2.28. The molecule has 1 amide bonds. The van der Waals surface area contributed by atoms with Crippen LogP contribution in [0.4, 0.5) is 0 Å². The summed E-state index contributed by atoms with van der Waals surface area (Å²) in [6.45, 7) is 7.29. The van der Waals surface area contributed by atoms with E-state index < -0.39 is 22.9 Å². The summed E-state index contributed by atoms with van der Waals surface area (Å²) in [7, 11) is 0. The van der Waals surface area contributed by atoms with Crippen molar-refractivity contribution in [1.82, 2.24) is 5.32 Å². The van der Waals surface area contributed by atoms with Gasteiger partial charge >= 0.3 is 5.63 Å². The van der Waals surface area contributed by atoms with Gasteiger partial charge in [-0.1, -0.05) is 26.0 Å². The van der Waals surface area contributed by atoms with Crippen molar-refractivity contribution in [3.8, 4) is 12.1 Å². The van der Waals surface area contributed by atoms with Crippen LogP contribution in [0.1, 0.15) is 30.5 Å². The van der Waals surface area contributed by atoms with Crippen molar-refractivity contribution in [2.75, 3.05) is 0 Å². The maximum Gasteiger partial charge on any atom is 0.336 e. The Balaban J connectivity index is 2.03. The Labute approximate surface area is 166 Å². The minimum Gasteiger partial charge on any atom is -0.422 e. The molecule has 0 saturated heterocycles. The topological polar surface area (TPSA) is 107 Å². The summed E-state index contributed by atoms with van der Waals surface area (Å²) >= 11 is 1.27. The minimum atomic E-state index is -0.929. The first kappa shape index (κ1) is 19.7. The monoisotopic (exact) mass is 393 g/mol. The fraction of sp³-hybridized carbons (Fsp3) is 0.333. The highest BCUT2D eigenvalue weighted by molar-refractivity contribution is 8.02. The molecule has 0 fully saturated rings. The van der Waals surface area contributed by atoms with Gasteiger partial charge in [0.1, 0.15) is 11.5 Å². The average molecular weight is 393 g/mol. The molecule has 1 aliphatic rings. The number of benzene rings is 1. The van der Waals surface area contributed by atoms with Gasteiger partial charge in [-0.3, -0.25) is 4.79 Å². The summed E-state index contributed by atoms with van der Waals surface area (Å²) in [5, 5.41) is 22.9. The Morgan fingerprint density at radius 2 is 1.96 bits per heavy atom. The van der Waals surface area contributed by atoms with E-state index in [4.69, 9.17) is 4.42 Å². The number of hydrogen-bond donors (Lipinski definition) is 1. The number of fused-ring (bicyclic) bond motifs is 1. The van der Waals surface area contributed by atoms with Crippen molar-refractivity contribution in [1.29, 1.82) is 10.5 Å². The van der Waals surface area contributed by atoms with Crippen LogP contribution >= 0.6 is 11.8 Å². The second kappa shape index (κ2) is 7.18. The quantitative estimate of drug-likeness (QED) is 0.797. The second-order valence-electron chi connectivity index (χ2n) is 7.35. The van der Waals surface area contributed by atoms with Crippen LogP contribution in [-0.2, 0) is 10.5 Å². The van der Waals surface area contributed by atoms with Crippen molar-refractivity contribution < 1.29 is 9.21 Å². The number of aryl methyl sites for hydroxylation is 2. The second-order valence-corrected chi connectivity index (χ2v) is 8.34. The van der Waals surface area contributed by atoms with Gasteiger partial charge in [0.25, 0.3) is 0 Å². The zero-order valence-electron chi connectivity index (χ0n) is 16.0. The molecule has 1 N–H and O–H groups in total. The Morgan fingerprint density at radius 1 is 1.25 bits per heavy atom. The molecule has 2 heterocycles. The van der Waals surface area contributed by atoms with Crippen molar-refractivity contribution in [2.24, 2.45) is 11.3 Å². The average Bonchev–Trinajstić information content (AvgIpc) is 2.62. The Kier molecular flexibility index (Phi) is 5.06. The van der Waals surface area contributed by atoms with E-state index in [2.05, 4.69) is 11.4 Å². The molecule has 6 nitrogen and oxygen atoms in total. The summed E-state index contributed by atoms with van der Waals surface area (Å²) in [4.78, 5) is 24.3. The molecule has 3 rings (SSSR count). The largest absolute Gasteiger partial charge is 0.422 e. The van der Waals surface area contributed by atoms with Gasteiger partial charge in [-0.15, -0.1) is 11.8 Å². The zero-order valence-corrected chi connectivity index (χ0v) is 16.9. The first-order chi connectivity index (χ1) is 13.2. The first-order valence-electron chi connectivity index (χ1n) is 8.71. The summed E-state index contributed by atoms with van der Waals surface area (Å²) < 4.78 is 5.39. The molecule has 0 radical (unpaired) electrons. The number of hydrogen-bond acceptors (Lipinski definition) is 6. The molecule has 1 atom stereocenters. The molecule has 2 aromatic rings. The molecule has 0 unspecified atom stereocenters. The first-order valence-corrected chi connectivity index (χ1v) is 9.70. The molecule has 142 valence electrons. The fourth-order valence-corrected chi connectivity index (χ4v) is 4.49. The highest BCUT2D eigenvalue weighted by Gasteiger charge is 2.44. The Bertz CT molecular complexity index is 1160. The van der Waals surface area contributed by atoms with E-state index in [1.54, 1.807) is 13.8 Å². The van der Waals surface area contributed by atoms with E-state index in [-0.39, 0.29) is 0 Å². The number of nitrogens with zero attached hydrogens (tertiary/aromatic N) is 2. The van der Waals surface area contributed by atoms with Crippen LogP contribution in [0.15, 0.2) is 38.0 Å². The highest BCUT2D eigenvalue weighted by Crippen LogP contribution is 2.42. The number of carbonyl (C=O) groups is 1. The van der Waals surface area contributed by atoms with Crippen LogP contribution in [0, 0.1) is 47.8 Å². The van der Waals surface area contributed by atoms with E-state index in [1.165, 1.54) is 17.8 Å². The van der Waals surface area contributed by atoms with E-state index >= 15 is 0 Å². The van der Waals surface area contributed by atoms with E-state index in [9.17, 15) is 20.1 Å². The number of rotatable bonds is 3. The number of carbonyl (C=O) groups excluding carboxylic acids is 1. The third-order valence-electron chi connectivity index (χ3n) is 5.22. The van der Waals surface area contributed by atoms with Gasteiger partial charge in [-0.05, 0) is 30.5 Å². The highest BCUT2D eigenvalue weighted by atomic mass is 32.2. The molecular weight excluding hydrogens is 374 g/mol. The van der Waals surface area contributed by atoms with Gasteiger partial charge in [-0.25, -0.2) is 4.79 Å². The van der Waals surface area contributed by atoms with Crippen molar-refractivity contribution in [3.05, 3.63) is 55.9 Å². The molecule has 1 aromatic carbocycles. The molecule has 28 heavy (non-hydrogen) atoms. The van der Waals surface area contributed by atoms with Crippen molar-refractivity contribution >= 4 is 28.6 Å². The summed E-state index contributed by atoms with van der Waals surface area (Å²) in [6.07, 6.45) is 0. The van der Waals surface area contributed by atoms with Crippen LogP contribution in [0.3, 0.4) is 0 Å². The molecule has 7 heteroatoms. The van der Waals surface area contributed by atoms with Crippen LogP contribution in [0.25, 0.3) is 11.0 Å². The van der Waals surface area contributed by atoms with Crippen LogP contribution < -0.4 is 10.9 Å². The van der Waals surface area contributed by atoms with E-state index in [0.29, 0.717) is 21.9 Å². The van der Waals surface area contributed by atoms with Gasteiger partial charge < -0.3 is 9.73 Å². The van der Waals surface area contributed by atoms with E-state index in [1.807, 2.05) is 32.0 Å². The van der Waals surface area contributed by atoms with E-state index in [0.717, 1.165) is 22.1 Å². The predicted octanol–water partition coefficient (Wildman–Crippen LogP) is 3.67. The fourth-order valence-electron chi connectivity index (χ4n) is 3.33. The summed E-state index contributed by atoms with van der Waals surface area (Å²) in [6, 6.07) is 9.44. The van der Waals surface area contributed by atoms with Gasteiger partial charge in [0.15, 0.2) is 0 Å². The van der Waals surface area contributed by atoms with Crippen LogP contribution in [0.2, 0.25) is 0 Å². The molecule has 0 aliphatic carbocycles. The number of nitriles is 2. The van der Waals surface area contributed by atoms with Crippen molar-refractivity contribution in [3.63, 3.8) is 0 Å². The number of amides is 1. The summed E-state index contributed by atoms with van der Waals surface area (Å²) in [5.74, 6) is -0.974. The Hall–Kier alpha value is -3.03. The molecule has 0 spiro atoms. The number of nitrogens with one attached hydrogen (secondary N) is 1. The minimum absolute atomic E-state index is 0.364. The normalized spacial score (nSPS) is 18.5. The van der Waals surface area contributed by atoms with Crippen molar-refractivity contribution in [2.45, 2.75) is 33.4 Å². The lowest BCUT2D eigenvalue weighted by atomic mass is 9.72. The smallest absolute Gasteiger partial charge is 0.336 e. The third-order valence-corrected chi connectivity index (χ3v) is 6.27. The maximum absolute atomic E-state index is 12.3. The third kappa shape index (κ3) is 3.19. The molecular formula is C21H19N3O3S. The lowest BCUT2D eigenvalue weighted by Crippen LogP contribution is -2.44. The van der Waals surface area contributed by atoms with Gasteiger partial charge in [0.05, 0.1) is 22.7 Å². The van der Waals surface area contributed by atoms with Gasteiger partial charge in [0.2, 0.25) is 5.91 Å². The molecule has 0 saturated carbocycles. The number of thioether (sulfide) groups is 1. The SMILES string of the molecule is Cc1ccc2c(CSC3=C(C#N)C(C)(C)[C@@H](C#N)C(=O)N3)cc(=O)oc2c1C. The molecule has 0 bridgehead atoms. The van der Waals surface area contributed by atoms with Crippen LogP contribution in [0.5, 0.6) is 0 Å². The predicted molar refractivity (Wildman–Crippen MR) is 107 cm³/mol. The van der Waals surface area contributed by atoms with Gasteiger partial charge in [0, 0.05) is 22.6 Å². The molecule has 1 aliphatic heterocycles. The number of allylic oxidation sites excluding steroid dienone is 1. The Morgan fingerprint density at radius 3 is 2.61 bits per heavy atom. The molecule has 1 aromatic heterocycles. The lowest BCUT2D eigenvalue weighted by Gasteiger charge is -2.34. The standard InChI is InChI=1S/C21H19N3O3S/c1-11-5-6-14-13(7-17(25)27-18(14)12(11)2)10-28-20-16(9-23)21(3,4)15(8-22)19(26)24-20/h5-7,15H,10H2,1-4H3,(H,24,26)/t15-/m0/s1.